The molecule has 2 rings (SSSR count). The van der Waals surface area contributed by atoms with E-state index in [-0.39, 0.29) is 30.6 Å². The molecule has 1 atom stereocenters. The van der Waals surface area contributed by atoms with E-state index in [1.807, 2.05) is 0 Å². The van der Waals surface area contributed by atoms with E-state index in [0.717, 1.165) is 6.92 Å². The third-order valence-electron chi connectivity index (χ3n) is 2.94. The second-order valence-electron chi connectivity index (χ2n) is 4.47. The summed E-state index contributed by atoms with van der Waals surface area (Å²) in [6.45, 7) is -2.11. The summed E-state index contributed by atoms with van der Waals surface area (Å²) in [5.41, 5.74) is -2.11. The van der Waals surface area contributed by atoms with Gasteiger partial charge in [-0.15, -0.1) is 0 Å². The predicted molar refractivity (Wildman–Crippen MR) is 75.7 cm³/mol. The average Bonchev–Trinajstić information content (AvgIpc) is 2.81. The van der Waals surface area contributed by atoms with E-state index in [2.05, 4.69) is 4.98 Å². The minimum absolute atomic E-state index is 0.0540. The lowest BCUT2D eigenvalue weighted by molar-refractivity contribution is 0.180. The lowest BCUT2D eigenvalue weighted by atomic mass is 10.2. The molecule has 0 amide bonds. The van der Waals surface area contributed by atoms with Crippen LogP contribution in [0.15, 0.2) is 15.9 Å². The Kier molecular flexibility index (Phi) is 2.36. The van der Waals surface area contributed by atoms with E-state index in [1.165, 1.54) is 17.9 Å². The van der Waals surface area contributed by atoms with Crippen LogP contribution in [0.4, 0.5) is 0 Å². The number of aromatic nitrogens is 4. The molecule has 0 saturated heterocycles. The number of nitrogens with zero attached hydrogens (tertiary/aromatic N) is 4. The first-order chi connectivity index (χ1) is 11.7. The first-order valence-corrected chi connectivity index (χ1v) is 6.08. The quantitative estimate of drug-likeness (QED) is 0.838. The van der Waals surface area contributed by atoms with Crippen molar-refractivity contribution in [3.63, 3.8) is 0 Å². The van der Waals surface area contributed by atoms with E-state index >= 15 is 0 Å². The highest BCUT2D eigenvalue weighted by Crippen LogP contribution is 2.04. The molecule has 1 N–H and O–H groups in total. The summed E-state index contributed by atoms with van der Waals surface area (Å²) in [6.07, 6.45) is -3.73. The molecule has 0 aliphatic rings. The zero-order valence-corrected chi connectivity index (χ0v) is 11.3. The fraction of sp³-hybridized carbons (Fsp3) is 0.615. The van der Waals surface area contributed by atoms with Gasteiger partial charge in [0.2, 0.25) is 0 Å². The third kappa shape index (κ3) is 2.53. The van der Waals surface area contributed by atoms with Gasteiger partial charge in [0.25, 0.3) is 5.56 Å². The molecule has 0 fully saturated rings. The number of rotatable bonds is 5. The lowest BCUT2D eigenvalue weighted by Crippen LogP contribution is -2.39. The van der Waals surface area contributed by atoms with Crippen molar-refractivity contribution in [1.82, 2.24) is 18.7 Å². The molecule has 2 heterocycles. The van der Waals surface area contributed by atoms with Crippen LogP contribution in [-0.2, 0) is 20.6 Å². The summed E-state index contributed by atoms with van der Waals surface area (Å²) < 4.78 is 47.9. The molecule has 0 bridgehead atoms. The summed E-state index contributed by atoms with van der Waals surface area (Å²) in [5, 5.41) is 9.52. The summed E-state index contributed by atoms with van der Waals surface area (Å²) >= 11 is 0. The topological polar surface area (TPSA) is 82.0 Å². The second kappa shape index (κ2) is 5.62. The zero-order valence-electron chi connectivity index (χ0n) is 17.3. The first-order valence-electron chi connectivity index (χ1n) is 9.08. The maximum atomic E-state index is 12.6. The minimum Gasteiger partial charge on any atom is -0.393 e. The number of aliphatic hydroxyl groups is 1. The van der Waals surface area contributed by atoms with E-state index in [1.54, 1.807) is 0 Å². The third-order valence-corrected chi connectivity index (χ3v) is 2.94. The molecule has 0 saturated carbocycles. The van der Waals surface area contributed by atoms with Crippen molar-refractivity contribution >= 4 is 11.2 Å². The van der Waals surface area contributed by atoms with Crippen molar-refractivity contribution in [2.45, 2.75) is 38.8 Å². The highest BCUT2D eigenvalue weighted by Gasteiger charge is 2.14. The van der Waals surface area contributed by atoms with Gasteiger partial charge in [-0.05, 0) is 26.1 Å². The number of hydrogen-bond donors (Lipinski definition) is 1. The van der Waals surface area contributed by atoms with Gasteiger partial charge in [-0.25, -0.2) is 9.78 Å². The van der Waals surface area contributed by atoms with Crippen LogP contribution in [0.3, 0.4) is 0 Å². The fourth-order valence-corrected chi connectivity index (χ4v) is 1.96. The van der Waals surface area contributed by atoms with Gasteiger partial charge in [-0.2, -0.15) is 0 Å². The minimum atomic E-state index is -2.85. The average molecular weight is 286 g/mol. The first kappa shape index (κ1) is 8.41. The maximum Gasteiger partial charge on any atom is 0.332 e. The molecule has 0 unspecified atom stereocenters. The van der Waals surface area contributed by atoms with Crippen LogP contribution < -0.4 is 11.2 Å². The monoisotopic (exact) mass is 286 g/mol. The van der Waals surface area contributed by atoms with Crippen molar-refractivity contribution in [1.29, 1.82) is 0 Å². The van der Waals surface area contributed by atoms with Gasteiger partial charge in [-0.1, -0.05) is 0 Å². The van der Waals surface area contributed by atoms with Crippen LogP contribution in [0.25, 0.3) is 11.2 Å². The Hall–Kier alpha value is -1.89. The van der Waals surface area contributed by atoms with Crippen molar-refractivity contribution in [2.24, 2.45) is 14.0 Å². The van der Waals surface area contributed by atoms with E-state index in [4.69, 9.17) is 8.22 Å². The van der Waals surface area contributed by atoms with Crippen LogP contribution in [0.5, 0.6) is 0 Å². The fourth-order valence-electron chi connectivity index (χ4n) is 1.96. The van der Waals surface area contributed by atoms with E-state index in [9.17, 15) is 14.7 Å². The smallest absolute Gasteiger partial charge is 0.332 e. The van der Waals surface area contributed by atoms with E-state index in [0.29, 0.717) is 9.13 Å². The molecule has 0 spiro atoms. The van der Waals surface area contributed by atoms with E-state index < -0.39 is 30.7 Å². The summed E-state index contributed by atoms with van der Waals surface area (Å²) in [5.74, 6) is 0. The Morgan fingerprint density at radius 1 is 1.55 bits per heavy atom. The Labute approximate surface area is 124 Å². The number of hydrogen-bond acceptors (Lipinski definition) is 4. The Morgan fingerprint density at radius 3 is 2.95 bits per heavy atom. The SMILES string of the molecule is [2H]C([2H])([2H])n1c(=O)n(CCCC([2H])([2H])[C@]([2H])(C)O)c(=O)c2c1ncn2C. The van der Waals surface area contributed by atoms with Gasteiger partial charge in [0.1, 0.15) is 0 Å². The normalized spacial score (nSPS) is 20.4. The molecule has 7 heteroatoms. The molecule has 0 aliphatic heterocycles. The van der Waals surface area contributed by atoms with Crippen molar-refractivity contribution in [2.75, 3.05) is 0 Å². The summed E-state index contributed by atoms with van der Waals surface area (Å²) in [7, 11) is 1.49. The highest BCUT2D eigenvalue weighted by molar-refractivity contribution is 5.69. The van der Waals surface area contributed by atoms with Crippen molar-refractivity contribution in [3.8, 4) is 0 Å². The Morgan fingerprint density at radius 2 is 2.30 bits per heavy atom. The molecule has 0 aliphatic carbocycles. The number of fused-ring (bicyclic) bond motifs is 1. The standard InChI is InChI=1S/C13H20N4O3/c1-9(18)6-4-5-7-17-12(19)10-11(14-8-15(10)2)16(3)13(17)20/h8-9,18H,4-7H2,1-3H3/t9-/m0/s1/i3D3,6D2,9D. The summed E-state index contributed by atoms with van der Waals surface area (Å²) in [6, 6.07) is 0. The van der Waals surface area contributed by atoms with Crippen molar-refractivity contribution < 1.29 is 13.3 Å². The zero-order chi connectivity index (χ0) is 20.1. The molecule has 7 nitrogen and oxygen atoms in total. The molecule has 2 aromatic rings. The number of aryl methyl sites for hydroxylation is 2. The predicted octanol–water partition coefficient (Wildman–Crippen LogP) is -0.0152. The lowest BCUT2D eigenvalue weighted by Gasteiger charge is -2.09. The van der Waals surface area contributed by atoms with Gasteiger partial charge < -0.3 is 9.67 Å². The maximum absolute atomic E-state index is 12.6. The molecule has 0 aromatic carbocycles. The van der Waals surface area contributed by atoms with Gasteiger partial charge in [0.15, 0.2) is 11.2 Å². The van der Waals surface area contributed by atoms with Gasteiger partial charge in [0.05, 0.1) is 13.8 Å². The molecular formula is C13H20N4O3. The molecule has 0 radical (unpaired) electrons. The molecule has 2 aromatic heterocycles. The van der Waals surface area contributed by atoms with Crippen LogP contribution in [0, 0.1) is 0 Å². The summed E-state index contributed by atoms with van der Waals surface area (Å²) in [4.78, 5) is 29.0. The molecule has 110 valence electrons. The molecule has 20 heavy (non-hydrogen) atoms. The van der Waals surface area contributed by atoms with Crippen LogP contribution >= 0.6 is 0 Å². The Balaban J connectivity index is 2.50. The second-order valence-corrected chi connectivity index (χ2v) is 4.47. The highest BCUT2D eigenvalue weighted by atomic mass is 16.3. The Bertz CT molecular complexity index is 935. The van der Waals surface area contributed by atoms with Crippen molar-refractivity contribution in [3.05, 3.63) is 27.2 Å². The van der Waals surface area contributed by atoms with Gasteiger partial charge in [-0.3, -0.25) is 13.9 Å². The number of imidazole rings is 1. The van der Waals surface area contributed by atoms with Gasteiger partial charge >= 0.3 is 5.69 Å². The van der Waals surface area contributed by atoms with Crippen LogP contribution in [0.2, 0.25) is 0 Å². The van der Waals surface area contributed by atoms with Crippen LogP contribution in [0.1, 0.15) is 34.4 Å². The van der Waals surface area contributed by atoms with Crippen LogP contribution in [-0.4, -0.2) is 29.9 Å². The molecular weight excluding hydrogens is 260 g/mol. The largest absolute Gasteiger partial charge is 0.393 e. The van der Waals surface area contributed by atoms with Gasteiger partial charge in [0, 0.05) is 27.4 Å².